The van der Waals surface area contributed by atoms with Crippen LogP contribution in [0.15, 0.2) is 16.6 Å². The van der Waals surface area contributed by atoms with Gasteiger partial charge in [0.05, 0.1) is 5.52 Å². The Hall–Kier alpha value is -0.980. The van der Waals surface area contributed by atoms with Gasteiger partial charge in [0, 0.05) is 23.5 Å². The Morgan fingerprint density at radius 3 is 2.68 bits per heavy atom. The van der Waals surface area contributed by atoms with E-state index in [9.17, 15) is 9.50 Å². The van der Waals surface area contributed by atoms with Crippen molar-refractivity contribution in [3.63, 3.8) is 0 Å². The third kappa shape index (κ3) is 2.66. The molecule has 4 nitrogen and oxygen atoms in total. The number of fused-ring (bicyclic) bond motifs is 1. The number of aliphatic hydroxyl groups is 2. The third-order valence-corrected chi connectivity index (χ3v) is 3.42. The molecule has 0 radical (unpaired) electrons. The second-order valence-corrected chi connectivity index (χ2v) is 5.63. The van der Waals surface area contributed by atoms with Crippen molar-refractivity contribution in [1.29, 1.82) is 0 Å². The predicted octanol–water partition coefficient (Wildman–Crippen LogP) is 2.93. The van der Waals surface area contributed by atoms with Crippen LogP contribution in [0.4, 0.5) is 4.39 Å². The minimum Gasteiger partial charge on any atom is -0.396 e. The van der Waals surface area contributed by atoms with E-state index in [0.717, 1.165) is 0 Å². The molecule has 2 aromatic rings. The molecular weight excluding hydrogens is 315 g/mol. The van der Waals surface area contributed by atoms with Crippen LogP contribution >= 0.6 is 15.9 Å². The van der Waals surface area contributed by atoms with Crippen molar-refractivity contribution in [2.24, 2.45) is 0 Å². The minimum atomic E-state index is -0.905. The van der Waals surface area contributed by atoms with Crippen molar-refractivity contribution in [2.75, 3.05) is 6.61 Å². The first-order valence-corrected chi connectivity index (χ1v) is 6.90. The number of nitrogens with zero attached hydrogens (tertiary/aromatic N) is 2. The molecule has 0 amide bonds. The van der Waals surface area contributed by atoms with Crippen LogP contribution in [0.2, 0.25) is 0 Å². The number of hydrogen-bond donors (Lipinski definition) is 2. The molecule has 2 rings (SSSR count). The quantitative estimate of drug-likeness (QED) is 0.906. The van der Waals surface area contributed by atoms with Crippen LogP contribution in [0.5, 0.6) is 0 Å². The van der Waals surface area contributed by atoms with Gasteiger partial charge in [-0.15, -0.1) is 0 Å². The summed E-state index contributed by atoms with van der Waals surface area (Å²) in [6, 6.07) is 3.16. The molecule has 0 bridgehead atoms. The summed E-state index contributed by atoms with van der Waals surface area (Å²) < 4.78 is 16.3. The molecule has 104 valence electrons. The van der Waals surface area contributed by atoms with Crippen molar-refractivity contribution in [1.82, 2.24) is 9.55 Å². The van der Waals surface area contributed by atoms with Crippen LogP contribution in [0, 0.1) is 5.82 Å². The normalized spacial score (nSPS) is 13.4. The second kappa shape index (κ2) is 5.56. The molecular formula is C13H16BrFN2O2. The predicted molar refractivity (Wildman–Crippen MR) is 74.4 cm³/mol. The van der Waals surface area contributed by atoms with E-state index in [1.165, 1.54) is 6.07 Å². The Balaban J connectivity index is 2.70. The van der Waals surface area contributed by atoms with Gasteiger partial charge in [-0.05, 0) is 26.0 Å². The van der Waals surface area contributed by atoms with Crippen LogP contribution in [-0.4, -0.2) is 26.4 Å². The summed E-state index contributed by atoms with van der Waals surface area (Å²) in [5.41, 5.74) is 0.873. The summed E-state index contributed by atoms with van der Waals surface area (Å²) in [6.45, 7) is 3.73. The van der Waals surface area contributed by atoms with E-state index >= 15 is 0 Å². The molecule has 1 aromatic carbocycles. The maximum atomic E-state index is 13.9. The van der Waals surface area contributed by atoms with Gasteiger partial charge in [-0.2, -0.15) is 0 Å². The summed E-state index contributed by atoms with van der Waals surface area (Å²) in [6.07, 6.45) is -0.725. The number of rotatable bonds is 4. The minimum absolute atomic E-state index is 0.0297. The lowest BCUT2D eigenvalue weighted by Crippen LogP contribution is -2.12. The molecule has 1 aromatic heterocycles. The highest BCUT2D eigenvalue weighted by atomic mass is 79.9. The molecule has 1 heterocycles. The highest BCUT2D eigenvalue weighted by Gasteiger charge is 2.21. The fourth-order valence-electron chi connectivity index (χ4n) is 2.17. The zero-order chi connectivity index (χ0) is 14.2. The smallest absolute Gasteiger partial charge is 0.152 e. The maximum absolute atomic E-state index is 13.9. The molecule has 1 unspecified atom stereocenters. The van der Waals surface area contributed by atoms with Crippen molar-refractivity contribution in [3.8, 4) is 0 Å². The van der Waals surface area contributed by atoms with Gasteiger partial charge in [0.2, 0.25) is 0 Å². The molecule has 0 fully saturated rings. The van der Waals surface area contributed by atoms with Crippen molar-refractivity contribution < 1.29 is 14.6 Å². The fraction of sp³-hybridized carbons (Fsp3) is 0.462. The molecule has 0 saturated heterocycles. The first-order chi connectivity index (χ1) is 8.95. The summed E-state index contributed by atoms with van der Waals surface area (Å²) in [5.74, 6) is -0.0442. The van der Waals surface area contributed by atoms with Gasteiger partial charge in [-0.3, -0.25) is 0 Å². The molecule has 19 heavy (non-hydrogen) atoms. The molecule has 2 N–H and O–H groups in total. The highest BCUT2D eigenvalue weighted by Crippen LogP contribution is 2.30. The average molecular weight is 331 g/mol. The first-order valence-electron chi connectivity index (χ1n) is 6.11. The zero-order valence-electron chi connectivity index (χ0n) is 10.8. The maximum Gasteiger partial charge on any atom is 0.152 e. The number of hydrogen-bond acceptors (Lipinski definition) is 3. The molecule has 0 aliphatic rings. The van der Waals surface area contributed by atoms with Crippen LogP contribution in [0.1, 0.15) is 38.2 Å². The van der Waals surface area contributed by atoms with Crippen LogP contribution in [0.3, 0.4) is 0 Å². The van der Waals surface area contributed by atoms with Gasteiger partial charge in [-0.1, -0.05) is 15.9 Å². The monoisotopic (exact) mass is 330 g/mol. The van der Waals surface area contributed by atoms with E-state index in [1.807, 2.05) is 13.8 Å². The number of halogens is 2. The fourth-order valence-corrected chi connectivity index (χ4v) is 2.59. The van der Waals surface area contributed by atoms with Crippen molar-refractivity contribution >= 4 is 27.0 Å². The Bertz CT molecular complexity index is 598. The largest absolute Gasteiger partial charge is 0.396 e. The molecule has 6 heteroatoms. The lowest BCUT2D eigenvalue weighted by atomic mass is 10.2. The van der Waals surface area contributed by atoms with E-state index in [2.05, 4.69) is 20.9 Å². The number of aliphatic hydroxyl groups excluding tert-OH is 2. The van der Waals surface area contributed by atoms with Crippen LogP contribution in [0.25, 0.3) is 11.0 Å². The summed E-state index contributed by atoms with van der Waals surface area (Å²) in [4.78, 5) is 4.20. The number of benzene rings is 1. The van der Waals surface area contributed by atoms with Gasteiger partial charge in [0.25, 0.3) is 0 Å². The standard InChI is InChI=1S/C13H16BrFN2O2/c1-7(2)17-10-6-8(14)5-9(15)12(10)16-13(17)11(19)3-4-18/h5-7,11,18-19H,3-4H2,1-2H3. The number of aromatic nitrogens is 2. The van der Waals surface area contributed by atoms with Crippen LogP contribution < -0.4 is 0 Å². The van der Waals surface area contributed by atoms with Gasteiger partial charge in [-0.25, -0.2) is 9.37 Å². The molecule has 0 aliphatic carbocycles. The van der Waals surface area contributed by atoms with Crippen LogP contribution in [-0.2, 0) is 0 Å². The van der Waals surface area contributed by atoms with E-state index in [-0.39, 0.29) is 24.6 Å². The topological polar surface area (TPSA) is 58.3 Å². The number of imidazole rings is 1. The lowest BCUT2D eigenvalue weighted by Gasteiger charge is -2.16. The third-order valence-electron chi connectivity index (χ3n) is 2.96. The SMILES string of the molecule is CC(C)n1c(C(O)CCO)nc2c(F)cc(Br)cc21. The van der Waals surface area contributed by atoms with Gasteiger partial charge >= 0.3 is 0 Å². The Morgan fingerprint density at radius 1 is 1.42 bits per heavy atom. The Labute approximate surface area is 119 Å². The molecule has 0 saturated carbocycles. The Morgan fingerprint density at radius 2 is 2.11 bits per heavy atom. The van der Waals surface area contributed by atoms with Gasteiger partial charge in [0.1, 0.15) is 17.4 Å². The van der Waals surface area contributed by atoms with Crippen molar-refractivity contribution in [2.45, 2.75) is 32.4 Å². The summed E-state index contributed by atoms with van der Waals surface area (Å²) in [5, 5.41) is 19.0. The van der Waals surface area contributed by atoms with E-state index in [1.54, 1.807) is 10.6 Å². The van der Waals surface area contributed by atoms with E-state index < -0.39 is 11.9 Å². The molecule has 0 spiro atoms. The van der Waals surface area contributed by atoms with Crippen molar-refractivity contribution in [3.05, 3.63) is 28.2 Å². The van der Waals surface area contributed by atoms with Gasteiger partial charge in [0.15, 0.2) is 5.82 Å². The highest BCUT2D eigenvalue weighted by molar-refractivity contribution is 9.10. The zero-order valence-corrected chi connectivity index (χ0v) is 12.4. The Kier molecular flexibility index (Phi) is 4.23. The van der Waals surface area contributed by atoms with E-state index in [4.69, 9.17) is 5.11 Å². The lowest BCUT2D eigenvalue weighted by molar-refractivity contribution is 0.122. The molecule has 0 aliphatic heterocycles. The summed E-state index contributed by atoms with van der Waals surface area (Å²) >= 11 is 3.26. The molecule has 1 atom stereocenters. The van der Waals surface area contributed by atoms with E-state index in [0.29, 0.717) is 15.8 Å². The second-order valence-electron chi connectivity index (χ2n) is 4.72. The van der Waals surface area contributed by atoms with Gasteiger partial charge < -0.3 is 14.8 Å². The summed E-state index contributed by atoms with van der Waals surface area (Å²) in [7, 11) is 0. The first kappa shape index (κ1) is 14.4. The average Bonchev–Trinajstić information content (AvgIpc) is 2.68.